The van der Waals surface area contributed by atoms with E-state index in [4.69, 9.17) is 32.8 Å². The third-order valence-corrected chi connectivity index (χ3v) is 8.17. The largest absolute Gasteiger partial charge is 0.399 e. The predicted octanol–water partition coefficient (Wildman–Crippen LogP) is 7.23. The molecule has 4 rings (SSSR count). The van der Waals surface area contributed by atoms with Gasteiger partial charge >= 0.3 is 0 Å². The molecule has 1 saturated heterocycles. The maximum atomic E-state index is 11.2. The lowest BCUT2D eigenvalue weighted by Crippen LogP contribution is -2.43. The van der Waals surface area contributed by atoms with Crippen LogP contribution in [0.25, 0.3) is 0 Å². The molecule has 2 atom stereocenters. The van der Waals surface area contributed by atoms with E-state index in [0.29, 0.717) is 29.5 Å². The number of nitrogens with zero attached hydrogens (tertiary/aromatic N) is 2. The average molecular weight is 556 g/mol. The van der Waals surface area contributed by atoms with Gasteiger partial charge in [0.1, 0.15) is 7.11 Å². The van der Waals surface area contributed by atoms with Crippen LogP contribution in [0.1, 0.15) is 54.9 Å². The van der Waals surface area contributed by atoms with Crippen molar-refractivity contribution in [2.45, 2.75) is 43.8 Å². The van der Waals surface area contributed by atoms with Gasteiger partial charge in [0.05, 0.1) is 34.1 Å². The van der Waals surface area contributed by atoms with Crippen LogP contribution < -0.4 is 0 Å². The molecule has 38 heavy (non-hydrogen) atoms. The van der Waals surface area contributed by atoms with E-state index in [0.717, 1.165) is 48.5 Å². The topological polar surface area (TPSA) is 54.3 Å². The molecular weight excluding hydrogens is 519 g/mol. The number of hydrogen-bond donors (Lipinski definition) is 1. The fraction of sp³-hybridized carbons (Fsp3) is 0.387. The fourth-order valence-electron chi connectivity index (χ4n) is 5.09. The lowest BCUT2D eigenvalue weighted by atomic mass is 9.84. The number of ether oxygens (including phenoxy) is 1. The van der Waals surface area contributed by atoms with Crippen molar-refractivity contribution in [3.63, 3.8) is 0 Å². The highest BCUT2D eigenvalue weighted by molar-refractivity contribution is 6.42. The molecule has 7 heteroatoms. The molecule has 1 fully saturated rings. The second-order valence-electron chi connectivity index (χ2n) is 9.88. The number of oxime groups is 1. The second-order valence-corrected chi connectivity index (χ2v) is 10.7. The summed E-state index contributed by atoms with van der Waals surface area (Å²) in [6, 6.07) is 25.8. The van der Waals surface area contributed by atoms with E-state index in [1.807, 2.05) is 73.7 Å². The Bertz CT molecular complexity index is 1180. The fourth-order valence-corrected chi connectivity index (χ4v) is 5.40. The van der Waals surface area contributed by atoms with Gasteiger partial charge in [-0.2, -0.15) is 0 Å². The average Bonchev–Trinajstić information content (AvgIpc) is 2.95. The Hall–Kier alpha value is -2.41. The Morgan fingerprint density at radius 2 is 1.61 bits per heavy atom. The van der Waals surface area contributed by atoms with Crippen LogP contribution in [0.2, 0.25) is 10.0 Å². The van der Waals surface area contributed by atoms with Crippen molar-refractivity contribution in [1.29, 1.82) is 0 Å². The summed E-state index contributed by atoms with van der Waals surface area (Å²) in [6.07, 6.45) is 2.11. The van der Waals surface area contributed by atoms with Gasteiger partial charge in [-0.1, -0.05) is 95.1 Å². The van der Waals surface area contributed by atoms with Crippen LogP contribution in [0.3, 0.4) is 0 Å². The van der Waals surface area contributed by atoms with Gasteiger partial charge in [0.25, 0.3) is 0 Å². The number of hydrogen-bond acceptors (Lipinski definition) is 5. The molecule has 0 spiro atoms. The third-order valence-electron chi connectivity index (χ3n) is 7.44. The highest BCUT2D eigenvalue weighted by Gasteiger charge is 2.34. The normalized spacial score (nSPS) is 17.7. The SMILES string of the molecule is CON=C(COC(C)c1ccccc1)C(CCN1CCC(O)(c2ccccc2)CC1)c1ccc(Cl)c(Cl)c1. The summed E-state index contributed by atoms with van der Waals surface area (Å²) in [4.78, 5) is 7.67. The molecule has 2 unspecified atom stereocenters. The van der Waals surface area contributed by atoms with E-state index in [1.54, 1.807) is 7.11 Å². The number of benzene rings is 3. The van der Waals surface area contributed by atoms with Crippen molar-refractivity contribution < 1.29 is 14.7 Å². The van der Waals surface area contributed by atoms with Crippen LogP contribution in [0.4, 0.5) is 0 Å². The minimum Gasteiger partial charge on any atom is -0.399 e. The Morgan fingerprint density at radius 1 is 0.947 bits per heavy atom. The zero-order valence-electron chi connectivity index (χ0n) is 22.0. The van der Waals surface area contributed by atoms with Gasteiger partial charge in [-0.25, -0.2) is 0 Å². The Balaban J connectivity index is 1.46. The molecule has 0 aliphatic carbocycles. The second kappa shape index (κ2) is 13.6. The molecule has 5 nitrogen and oxygen atoms in total. The first kappa shape index (κ1) is 28.6. The molecule has 3 aromatic rings. The molecule has 0 bridgehead atoms. The Morgan fingerprint density at radius 3 is 2.24 bits per heavy atom. The molecule has 3 aromatic carbocycles. The molecule has 1 N–H and O–H groups in total. The Kier molecular flexibility index (Phi) is 10.2. The monoisotopic (exact) mass is 554 g/mol. The first-order valence-corrected chi connectivity index (χ1v) is 13.9. The number of halogens is 2. The highest BCUT2D eigenvalue weighted by Crippen LogP contribution is 2.34. The van der Waals surface area contributed by atoms with E-state index < -0.39 is 5.60 Å². The maximum Gasteiger partial charge on any atom is 0.106 e. The van der Waals surface area contributed by atoms with Gasteiger partial charge in [-0.15, -0.1) is 0 Å². The van der Waals surface area contributed by atoms with E-state index in [9.17, 15) is 5.11 Å². The van der Waals surface area contributed by atoms with Crippen molar-refractivity contribution >= 4 is 28.9 Å². The molecule has 0 aromatic heterocycles. The molecule has 202 valence electrons. The van der Waals surface area contributed by atoms with Gasteiger partial charge < -0.3 is 19.6 Å². The van der Waals surface area contributed by atoms with Crippen LogP contribution in [0, 0.1) is 0 Å². The van der Waals surface area contributed by atoms with E-state index in [-0.39, 0.29) is 12.0 Å². The predicted molar refractivity (Wildman–Crippen MR) is 155 cm³/mol. The number of rotatable bonds is 11. The molecule has 0 amide bonds. The van der Waals surface area contributed by atoms with Crippen LogP contribution in [-0.2, 0) is 15.2 Å². The summed E-state index contributed by atoms with van der Waals surface area (Å²) < 4.78 is 6.25. The number of likely N-dealkylation sites (tertiary alicyclic amines) is 1. The highest BCUT2D eigenvalue weighted by atomic mass is 35.5. The number of piperidine rings is 1. The maximum absolute atomic E-state index is 11.2. The molecular formula is C31H36Cl2N2O3. The summed E-state index contributed by atoms with van der Waals surface area (Å²) in [5.41, 5.74) is 3.14. The summed E-state index contributed by atoms with van der Waals surface area (Å²) in [5.74, 6) is -0.0670. The van der Waals surface area contributed by atoms with Crippen LogP contribution in [0.5, 0.6) is 0 Å². The molecule has 1 heterocycles. The van der Waals surface area contributed by atoms with Crippen LogP contribution in [-0.4, -0.2) is 49.1 Å². The minimum absolute atomic E-state index is 0.0670. The summed E-state index contributed by atoms with van der Waals surface area (Å²) >= 11 is 12.6. The lowest BCUT2D eigenvalue weighted by molar-refractivity contribution is -0.0261. The Labute approximate surface area is 236 Å². The number of aliphatic hydroxyl groups is 1. The van der Waals surface area contributed by atoms with Crippen LogP contribution in [0.15, 0.2) is 84.0 Å². The third kappa shape index (κ3) is 7.37. The zero-order chi connectivity index (χ0) is 27.0. The smallest absolute Gasteiger partial charge is 0.106 e. The van der Waals surface area contributed by atoms with Gasteiger partial charge in [0.2, 0.25) is 0 Å². The first-order chi connectivity index (χ1) is 18.4. The molecule has 0 saturated carbocycles. The quantitative estimate of drug-likeness (QED) is 0.200. The summed E-state index contributed by atoms with van der Waals surface area (Å²) in [6.45, 7) is 4.83. The minimum atomic E-state index is -0.773. The molecule has 0 radical (unpaired) electrons. The molecule has 1 aliphatic rings. The van der Waals surface area contributed by atoms with Crippen molar-refractivity contribution in [3.05, 3.63) is 106 Å². The van der Waals surface area contributed by atoms with Crippen molar-refractivity contribution in [2.75, 3.05) is 33.4 Å². The van der Waals surface area contributed by atoms with Crippen molar-refractivity contribution in [3.8, 4) is 0 Å². The van der Waals surface area contributed by atoms with Gasteiger partial charge in [-0.05, 0) is 61.6 Å². The molecule has 1 aliphatic heterocycles. The first-order valence-electron chi connectivity index (χ1n) is 13.1. The van der Waals surface area contributed by atoms with Crippen molar-refractivity contribution in [1.82, 2.24) is 4.90 Å². The summed E-state index contributed by atoms with van der Waals surface area (Å²) in [5, 5.41) is 16.7. The summed E-state index contributed by atoms with van der Waals surface area (Å²) in [7, 11) is 1.56. The zero-order valence-corrected chi connectivity index (χ0v) is 23.5. The van der Waals surface area contributed by atoms with Crippen LogP contribution >= 0.6 is 23.2 Å². The van der Waals surface area contributed by atoms with E-state index >= 15 is 0 Å². The standard InChI is InChI=1S/C31H36Cl2N2O3/c1-23(24-9-5-3-6-10-24)38-22-30(34-37-2)27(25-13-14-28(32)29(33)21-25)15-18-35-19-16-31(36,17-20-35)26-11-7-4-8-12-26/h3-14,21,23,27,36H,15-20,22H2,1-2H3. The van der Waals surface area contributed by atoms with Gasteiger partial charge in [-0.3, -0.25) is 0 Å². The lowest BCUT2D eigenvalue weighted by Gasteiger charge is -2.39. The van der Waals surface area contributed by atoms with Gasteiger partial charge in [0.15, 0.2) is 0 Å². The van der Waals surface area contributed by atoms with Crippen molar-refractivity contribution in [2.24, 2.45) is 5.16 Å². The van der Waals surface area contributed by atoms with E-state index in [1.165, 1.54) is 0 Å². The van der Waals surface area contributed by atoms with Gasteiger partial charge in [0, 0.05) is 19.0 Å². The van der Waals surface area contributed by atoms with E-state index in [2.05, 4.69) is 22.2 Å².